The second-order valence-corrected chi connectivity index (χ2v) is 10.5. The van der Waals surface area contributed by atoms with E-state index in [2.05, 4.69) is 4.98 Å². The lowest BCUT2D eigenvalue weighted by atomic mass is 9.96. The smallest absolute Gasteiger partial charge is 0.241 e. The fourth-order valence-electron chi connectivity index (χ4n) is 4.79. The van der Waals surface area contributed by atoms with E-state index in [0.29, 0.717) is 12.0 Å². The molecule has 2 N–H and O–H groups in total. The molecule has 0 unspecified atom stereocenters. The van der Waals surface area contributed by atoms with Gasteiger partial charge in [0, 0.05) is 36.6 Å². The first-order valence-electron chi connectivity index (χ1n) is 11.0. The van der Waals surface area contributed by atoms with Crippen LogP contribution in [0.15, 0.2) is 47.5 Å². The highest BCUT2D eigenvalue weighted by atomic mass is 32.2. The third kappa shape index (κ3) is 3.99. The summed E-state index contributed by atoms with van der Waals surface area (Å²) in [7, 11) is -4.35. The molecule has 1 aromatic heterocycles. The summed E-state index contributed by atoms with van der Waals surface area (Å²) in [6.45, 7) is 1.75. The molecule has 2 aromatic carbocycles. The zero-order valence-corrected chi connectivity index (χ0v) is 19.7. The number of hydrogen-bond donors (Lipinski definition) is 1. The second kappa shape index (κ2) is 8.56. The Labute approximate surface area is 204 Å². The van der Waals surface area contributed by atoms with Crippen molar-refractivity contribution in [3.8, 4) is 11.3 Å². The number of nitrogens with two attached hydrogens (primary N) is 1. The Morgan fingerprint density at radius 1 is 1.03 bits per heavy atom. The lowest BCUT2D eigenvalue weighted by Crippen LogP contribution is -2.56. The fraction of sp³-hybridized carbons (Fsp3) is 0.250. The van der Waals surface area contributed by atoms with Crippen LogP contribution >= 0.6 is 0 Å². The van der Waals surface area contributed by atoms with Crippen molar-refractivity contribution in [2.75, 3.05) is 22.9 Å². The molecule has 5 rings (SSSR count). The van der Waals surface area contributed by atoms with E-state index in [9.17, 15) is 30.8 Å². The molecule has 36 heavy (non-hydrogen) atoms. The molecule has 0 bridgehead atoms. The summed E-state index contributed by atoms with van der Waals surface area (Å²) in [6.07, 6.45) is 1.62. The average molecular weight is 521 g/mol. The Bertz CT molecular complexity index is 1490. The molecule has 1 amide bonds. The first kappa shape index (κ1) is 24.2. The van der Waals surface area contributed by atoms with Crippen LogP contribution < -0.4 is 14.9 Å². The Morgan fingerprint density at radius 3 is 2.31 bits per heavy atom. The van der Waals surface area contributed by atoms with Gasteiger partial charge in [0.2, 0.25) is 15.9 Å². The van der Waals surface area contributed by atoms with Crippen LogP contribution in [0, 0.1) is 29.2 Å². The highest BCUT2D eigenvalue weighted by molar-refractivity contribution is 7.89. The summed E-state index contributed by atoms with van der Waals surface area (Å²) >= 11 is 0. The molecule has 2 aliphatic rings. The van der Waals surface area contributed by atoms with Crippen molar-refractivity contribution in [2.45, 2.75) is 24.3 Å². The molecule has 0 aliphatic carbocycles. The van der Waals surface area contributed by atoms with Gasteiger partial charge in [0.05, 0.1) is 5.92 Å². The van der Waals surface area contributed by atoms with E-state index in [0.717, 1.165) is 30.3 Å². The molecular weight excluding hydrogens is 500 g/mol. The van der Waals surface area contributed by atoms with Crippen molar-refractivity contribution in [3.63, 3.8) is 0 Å². The van der Waals surface area contributed by atoms with E-state index >= 15 is 0 Å². The van der Waals surface area contributed by atoms with Gasteiger partial charge in [-0.2, -0.15) is 0 Å². The van der Waals surface area contributed by atoms with Crippen molar-refractivity contribution in [2.24, 2.45) is 11.1 Å². The van der Waals surface area contributed by atoms with E-state index in [1.54, 1.807) is 6.92 Å². The summed E-state index contributed by atoms with van der Waals surface area (Å²) in [6, 6.07) is 6.20. The highest BCUT2D eigenvalue weighted by Gasteiger charge is 2.42. The quantitative estimate of drug-likeness (QED) is 0.533. The number of sulfonamides is 1. The molecule has 188 valence electrons. The van der Waals surface area contributed by atoms with Crippen LogP contribution in [0.3, 0.4) is 0 Å². The van der Waals surface area contributed by atoms with Gasteiger partial charge in [0.15, 0.2) is 0 Å². The molecule has 12 heteroatoms. The maximum atomic E-state index is 14.9. The SMILES string of the molecule is C[C@@H]1Cc2cc(F)c(S(N)(=O)=O)cc2N1C(=O)C1CN(c2c(F)cc(-c3ncccc3F)cc2F)C1. The van der Waals surface area contributed by atoms with Crippen LogP contribution in [0.4, 0.5) is 28.9 Å². The van der Waals surface area contributed by atoms with Crippen molar-refractivity contribution < 1.29 is 30.8 Å². The Morgan fingerprint density at radius 2 is 1.69 bits per heavy atom. The lowest BCUT2D eigenvalue weighted by molar-refractivity contribution is -0.123. The number of halogens is 4. The topological polar surface area (TPSA) is 96.6 Å². The predicted molar refractivity (Wildman–Crippen MR) is 124 cm³/mol. The number of hydrogen-bond acceptors (Lipinski definition) is 5. The number of benzene rings is 2. The minimum Gasteiger partial charge on any atom is -0.365 e. The number of fused-ring (bicyclic) bond motifs is 1. The molecule has 1 fully saturated rings. The minimum absolute atomic E-state index is 0.00572. The number of amides is 1. The summed E-state index contributed by atoms with van der Waals surface area (Å²) in [4.78, 5) is 19.1. The standard InChI is InChI=1S/C24H20F4N4O3S/c1-12-5-13-6-17(26)21(36(29,34)35)9-20(13)32(12)24(33)15-10-31(11-15)23-18(27)7-14(8-19(23)28)22-16(25)3-2-4-30-22/h2-4,6-9,12,15H,5,10-11H2,1H3,(H2,29,34,35)/t12-/m1/s1. The lowest BCUT2D eigenvalue weighted by Gasteiger charge is -2.42. The van der Waals surface area contributed by atoms with Gasteiger partial charge in [-0.1, -0.05) is 0 Å². The van der Waals surface area contributed by atoms with Gasteiger partial charge in [-0.05, 0) is 55.3 Å². The third-order valence-corrected chi connectivity index (χ3v) is 7.41. The zero-order valence-electron chi connectivity index (χ0n) is 18.9. The maximum absolute atomic E-state index is 14.9. The van der Waals surface area contributed by atoms with Gasteiger partial charge in [-0.3, -0.25) is 9.78 Å². The number of rotatable bonds is 4. The highest BCUT2D eigenvalue weighted by Crippen LogP contribution is 2.39. The molecule has 0 radical (unpaired) electrons. The largest absolute Gasteiger partial charge is 0.365 e. The molecule has 3 aromatic rings. The van der Waals surface area contributed by atoms with Gasteiger partial charge in [-0.25, -0.2) is 31.1 Å². The average Bonchev–Trinajstić information content (AvgIpc) is 3.07. The molecule has 0 saturated carbocycles. The first-order chi connectivity index (χ1) is 17.0. The van der Waals surface area contributed by atoms with E-state index in [1.807, 2.05) is 0 Å². The van der Waals surface area contributed by atoms with E-state index in [1.165, 1.54) is 22.1 Å². The van der Waals surface area contributed by atoms with Crippen LogP contribution in [0.2, 0.25) is 0 Å². The molecule has 1 atom stereocenters. The second-order valence-electron chi connectivity index (χ2n) is 8.94. The van der Waals surface area contributed by atoms with Crippen molar-refractivity contribution >= 4 is 27.3 Å². The molecule has 7 nitrogen and oxygen atoms in total. The number of carbonyl (C=O) groups is 1. The van der Waals surface area contributed by atoms with Crippen LogP contribution in [-0.4, -0.2) is 38.4 Å². The van der Waals surface area contributed by atoms with Crippen LogP contribution in [-0.2, 0) is 21.2 Å². The van der Waals surface area contributed by atoms with Crippen molar-refractivity contribution in [3.05, 3.63) is 71.4 Å². The van der Waals surface area contributed by atoms with E-state index < -0.39 is 44.1 Å². The third-order valence-electron chi connectivity index (χ3n) is 6.49. The fourth-order valence-corrected chi connectivity index (χ4v) is 5.40. The first-order valence-corrected chi connectivity index (χ1v) is 12.5. The van der Waals surface area contributed by atoms with Gasteiger partial charge >= 0.3 is 0 Å². The normalized spacial score (nSPS) is 17.8. The van der Waals surface area contributed by atoms with Crippen LogP contribution in [0.5, 0.6) is 0 Å². The number of anilines is 2. The van der Waals surface area contributed by atoms with Crippen LogP contribution in [0.1, 0.15) is 12.5 Å². The number of nitrogens with zero attached hydrogens (tertiary/aromatic N) is 3. The van der Waals surface area contributed by atoms with Gasteiger partial charge < -0.3 is 9.80 Å². The summed E-state index contributed by atoms with van der Waals surface area (Å²) in [5, 5.41) is 5.10. The molecule has 3 heterocycles. The molecule has 0 spiro atoms. The Balaban J connectivity index is 1.37. The van der Waals surface area contributed by atoms with Crippen LogP contribution in [0.25, 0.3) is 11.3 Å². The number of pyridine rings is 1. The monoisotopic (exact) mass is 520 g/mol. The molecular formula is C24H20F4N4O3S. The minimum atomic E-state index is -4.35. The van der Waals surface area contributed by atoms with Gasteiger partial charge in [0.25, 0.3) is 0 Å². The van der Waals surface area contributed by atoms with E-state index in [-0.39, 0.29) is 47.7 Å². The number of aromatic nitrogens is 1. The summed E-state index contributed by atoms with van der Waals surface area (Å²) < 4.78 is 81.4. The molecule has 1 saturated heterocycles. The van der Waals surface area contributed by atoms with Crippen molar-refractivity contribution in [1.29, 1.82) is 0 Å². The molecule has 2 aliphatic heterocycles. The maximum Gasteiger partial charge on any atom is 0.241 e. The van der Waals surface area contributed by atoms with Gasteiger partial charge in [0.1, 0.15) is 39.5 Å². The zero-order chi connectivity index (χ0) is 25.9. The Kier molecular flexibility index (Phi) is 5.75. The summed E-state index contributed by atoms with van der Waals surface area (Å²) in [5.74, 6) is -4.56. The van der Waals surface area contributed by atoms with E-state index in [4.69, 9.17) is 5.14 Å². The van der Waals surface area contributed by atoms with Gasteiger partial charge in [-0.15, -0.1) is 0 Å². The number of primary sulfonamides is 1. The summed E-state index contributed by atoms with van der Waals surface area (Å²) in [5.41, 5.74) is 0.130. The van der Waals surface area contributed by atoms with Crippen molar-refractivity contribution in [1.82, 2.24) is 4.98 Å². The Hall–Kier alpha value is -3.51. The number of carbonyl (C=O) groups excluding carboxylic acids is 1. The predicted octanol–water partition coefficient (Wildman–Crippen LogP) is 3.37.